The van der Waals surface area contributed by atoms with Gasteiger partial charge >= 0.3 is 11.8 Å². The summed E-state index contributed by atoms with van der Waals surface area (Å²) in [5.41, 5.74) is 7.29. The third kappa shape index (κ3) is 5.94. The van der Waals surface area contributed by atoms with E-state index in [0.717, 1.165) is 40.2 Å². The van der Waals surface area contributed by atoms with Crippen LogP contribution in [0.4, 0.5) is 5.82 Å². The number of thiazole rings is 1. The molecule has 4 rings (SSSR count). The van der Waals surface area contributed by atoms with Crippen molar-refractivity contribution in [1.82, 2.24) is 19.8 Å². The van der Waals surface area contributed by atoms with E-state index in [1.807, 2.05) is 12.1 Å². The highest BCUT2D eigenvalue weighted by Gasteiger charge is 2.34. The third-order valence-corrected chi connectivity index (χ3v) is 7.97. The van der Waals surface area contributed by atoms with Gasteiger partial charge in [-0.3, -0.25) is 14.4 Å². The lowest BCUT2D eigenvalue weighted by Gasteiger charge is -2.38. The van der Waals surface area contributed by atoms with Gasteiger partial charge in [-0.25, -0.2) is 4.98 Å². The highest BCUT2D eigenvalue weighted by molar-refractivity contribution is 7.18. The number of rotatable bonds is 7. The number of fused-ring (bicyclic) bond motifs is 1. The number of benzene rings is 1. The van der Waals surface area contributed by atoms with Gasteiger partial charge in [0, 0.05) is 19.0 Å². The Morgan fingerprint density at radius 1 is 1.21 bits per heavy atom. The lowest BCUT2D eigenvalue weighted by atomic mass is 9.89. The summed E-state index contributed by atoms with van der Waals surface area (Å²) in [6, 6.07) is 8.72. The SMILES string of the molecule is COc1nc(NC(=O)C(=O)N2C[C@@H](C)CC[C@@H]2c2ccc3sc(C(C)CN(C)C)nc3c2)ccc1C(N)=O. The van der Waals surface area contributed by atoms with Gasteiger partial charge in [-0.1, -0.05) is 19.9 Å². The predicted molar refractivity (Wildman–Crippen MR) is 147 cm³/mol. The molecular weight excluding hydrogens is 504 g/mol. The highest BCUT2D eigenvalue weighted by Crippen LogP contribution is 2.36. The van der Waals surface area contributed by atoms with Crippen molar-refractivity contribution in [3.63, 3.8) is 0 Å². The Morgan fingerprint density at radius 3 is 2.66 bits per heavy atom. The van der Waals surface area contributed by atoms with Gasteiger partial charge in [0.2, 0.25) is 5.88 Å². The van der Waals surface area contributed by atoms with Gasteiger partial charge in [0.15, 0.2) is 0 Å². The fourth-order valence-electron chi connectivity index (χ4n) is 4.88. The molecule has 3 amide bonds. The van der Waals surface area contributed by atoms with Crippen molar-refractivity contribution in [2.24, 2.45) is 11.7 Å². The number of methoxy groups -OCH3 is 1. The number of anilines is 1. The molecule has 1 aromatic carbocycles. The molecule has 0 spiro atoms. The predicted octanol–water partition coefficient (Wildman–Crippen LogP) is 3.40. The first-order valence-corrected chi connectivity index (χ1v) is 13.4. The minimum atomic E-state index is -0.806. The van der Waals surface area contributed by atoms with E-state index in [1.54, 1.807) is 16.2 Å². The Hall–Kier alpha value is -3.57. The summed E-state index contributed by atoms with van der Waals surface area (Å²) in [6.07, 6.45) is 1.70. The van der Waals surface area contributed by atoms with Gasteiger partial charge < -0.3 is 25.6 Å². The molecule has 0 saturated carbocycles. The molecule has 3 atom stereocenters. The van der Waals surface area contributed by atoms with Gasteiger partial charge in [0.05, 0.1) is 28.4 Å². The van der Waals surface area contributed by atoms with Crippen molar-refractivity contribution in [2.45, 2.75) is 38.6 Å². The smallest absolute Gasteiger partial charge is 0.315 e. The molecule has 3 N–H and O–H groups in total. The van der Waals surface area contributed by atoms with Gasteiger partial charge in [-0.05, 0) is 62.7 Å². The number of likely N-dealkylation sites (N-methyl/N-ethyl adjacent to an activating group) is 1. The number of carbonyl (C=O) groups is 3. The van der Waals surface area contributed by atoms with Crippen molar-refractivity contribution < 1.29 is 19.1 Å². The average Bonchev–Trinajstić information content (AvgIpc) is 3.31. The number of hydrogen-bond acceptors (Lipinski definition) is 8. The second kappa shape index (κ2) is 11.4. The molecule has 1 fully saturated rings. The number of nitrogens with one attached hydrogen (secondary N) is 1. The standard InChI is InChI=1S/C27H34N6O4S/c1-15-6-9-20(17-7-10-21-19(12-17)29-26(38-21)16(2)14-32(3)4)33(13-15)27(36)24(35)30-22-11-8-18(23(28)34)25(31-22)37-5/h7-8,10-12,15-16,20H,6,9,13-14H2,1-5H3,(H2,28,34)(H,30,31,35)/t15-,16?,20+/m0/s1. The molecular formula is C27H34N6O4S. The van der Waals surface area contributed by atoms with E-state index in [1.165, 1.54) is 19.2 Å². The number of ether oxygens (including phenoxy) is 1. The Kier molecular flexibility index (Phi) is 8.27. The van der Waals surface area contributed by atoms with Crippen LogP contribution in [-0.4, -0.2) is 71.8 Å². The number of hydrogen-bond donors (Lipinski definition) is 2. The number of nitrogens with two attached hydrogens (primary N) is 1. The second-order valence-electron chi connectivity index (χ2n) is 10.2. The van der Waals surface area contributed by atoms with E-state index in [0.29, 0.717) is 12.5 Å². The topological polar surface area (TPSA) is 131 Å². The molecule has 202 valence electrons. The summed E-state index contributed by atoms with van der Waals surface area (Å²) >= 11 is 1.69. The van der Waals surface area contributed by atoms with E-state index in [-0.39, 0.29) is 29.2 Å². The molecule has 0 bridgehead atoms. The Morgan fingerprint density at radius 2 is 1.97 bits per heavy atom. The van der Waals surface area contributed by atoms with E-state index in [4.69, 9.17) is 15.5 Å². The number of pyridine rings is 1. The summed E-state index contributed by atoms with van der Waals surface area (Å²) in [5.74, 6) is -1.51. The average molecular weight is 539 g/mol. The molecule has 0 radical (unpaired) electrons. The molecule has 3 aromatic rings. The van der Waals surface area contributed by atoms with E-state index >= 15 is 0 Å². The van der Waals surface area contributed by atoms with Crippen LogP contribution in [-0.2, 0) is 9.59 Å². The van der Waals surface area contributed by atoms with Crippen LogP contribution in [0.5, 0.6) is 5.88 Å². The number of aromatic nitrogens is 2. The van der Waals surface area contributed by atoms with Crippen LogP contribution in [0.2, 0.25) is 0 Å². The zero-order chi connectivity index (χ0) is 27.6. The molecule has 1 aliphatic rings. The summed E-state index contributed by atoms with van der Waals surface area (Å²) in [5, 5.41) is 3.62. The van der Waals surface area contributed by atoms with E-state index in [2.05, 4.69) is 49.2 Å². The van der Waals surface area contributed by atoms with Crippen molar-refractivity contribution in [3.05, 3.63) is 46.5 Å². The number of primary amides is 1. The summed E-state index contributed by atoms with van der Waals surface area (Å²) in [7, 11) is 5.45. The van der Waals surface area contributed by atoms with Crippen LogP contribution in [0.25, 0.3) is 10.2 Å². The molecule has 1 saturated heterocycles. The number of carbonyl (C=O) groups excluding carboxylic acids is 3. The number of piperidine rings is 1. The van der Waals surface area contributed by atoms with E-state index in [9.17, 15) is 14.4 Å². The maximum Gasteiger partial charge on any atom is 0.315 e. The van der Waals surface area contributed by atoms with Crippen molar-refractivity contribution in [3.8, 4) is 5.88 Å². The van der Waals surface area contributed by atoms with Gasteiger partial charge in [0.1, 0.15) is 11.4 Å². The Bertz CT molecular complexity index is 1360. The fourth-order valence-corrected chi connectivity index (χ4v) is 5.87. The largest absolute Gasteiger partial charge is 0.480 e. The molecule has 2 aromatic heterocycles. The normalized spacial score (nSPS) is 18.4. The van der Waals surface area contributed by atoms with Crippen LogP contribution in [0, 0.1) is 5.92 Å². The van der Waals surface area contributed by atoms with Crippen LogP contribution < -0.4 is 15.8 Å². The molecule has 3 heterocycles. The minimum absolute atomic E-state index is 0.0249. The first-order chi connectivity index (χ1) is 18.1. The summed E-state index contributed by atoms with van der Waals surface area (Å²) in [4.78, 5) is 50.7. The lowest BCUT2D eigenvalue weighted by molar-refractivity contribution is -0.146. The van der Waals surface area contributed by atoms with Crippen molar-refractivity contribution in [1.29, 1.82) is 0 Å². The number of nitrogens with zero attached hydrogens (tertiary/aromatic N) is 4. The number of amides is 3. The second-order valence-corrected chi connectivity index (χ2v) is 11.2. The minimum Gasteiger partial charge on any atom is -0.480 e. The molecule has 38 heavy (non-hydrogen) atoms. The number of likely N-dealkylation sites (tertiary alicyclic amines) is 1. The molecule has 10 nitrogen and oxygen atoms in total. The maximum absolute atomic E-state index is 13.4. The Labute approximate surface area is 226 Å². The van der Waals surface area contributed by atoms with Crippen LogP contribution in [0.15, 0.2) is 30.3 Å². The Balaban J connectivity index is 1.56. The maximum atomic E-state index is 13.4. The van der Waals surface area contributed by atoms with Gasteiger partial charge in [-0.2, -0.15) is 4.98 Å². The van der Waals surface area contributed by atoms with Crippen LogP contribution >= 0.6 is 11.3 Å². The van der Waals surface area contributed by atoms with Crippen LogP contribution in [0.1, 0.15) is 59.6 Å². The van der Waals surface area contributed by atoms with Gasteiger partial charge in [0.25, 0.3) is 5.91 Å². The molecule has 1 unspecified atom stereocenters. The van der Waals surface area contributed by atoms with E-state index < -0.39 is 17.7 Å². The molecule has 11 heteroatoms. The summed E-state index contributed by atoms with van der Waals surface area (Å²) in [6.45, 7) is 5.63. The van der Waals surface area contributed by atoms with Crippen molar-refractivity contribution in [2.75, 3.05) is 39.6 Å². The highest BCUT2D eigenvalue weighted by atomic mass is 32.1. The first-order valence-electron chi connectivity index (χ1n) is 12.6. The zero-order valence-corrected chi connectivity index (χ0v) is 23.2. The van der Waals surface area contributed by atoms with Crippen LogP contribution in [0.3, 0.4) is 0 Å². The third-order valence-electron chi connectivity index (χ3n) is 6.71. The lowest BCUT2D eigenvalue weighted by Crippen LogP contribution is -2.46. The molecule has 0 aliphatic carbocycles. The quantitative estimate of drug-likeness (QED) is 0.441. The fraction of sp³-hybridized carbons (Fsp3) is 0.444. The monoisotopic (exact) mass is 538 g/mol. The first kappa shape index (κ1) is 27.5. The zero-order valence-electron chi connectivity index (χ0n) is 22.4. The molecule has 1 aliphatic heterocycles. The summed E-state index contributed by atoms with van der Waals surface area (Å²) < 4.78 is 6.20. The van der Waals surface area contributed by atoms with Gasteiger partial charge in [-0.15, -0.1) is 11.3 Å². The van der Waals surface area contributed by atoms with Crippen molar-refractivity contribution >= 4 is 45.1 Å².